The molecule has 1 saturated heterocycles. The summed E-state index contributed by atoms with van der Waals surface area (Å²) in [6.45, 7) is 2.68. The molecule has 1 N–H and O–H groups in total. The van der Waals surface area contributed by atoms with Crippen LogP contribution in [0.15, 0.2) is 11.8 Å². The molecule has 2 fully saturated rings. The number of rotatable bonds is 6. The van der Waals surface area contributed by atoms with Crippen LogP contribution in [0.25, 0.3) is 0 Å². The Balaban J connectivity index is 1.55. The van der Waals surface area contributed by atoms with Crippen LogP contribution in [-0.2, 0) is 4.79 Å². The van der Waals surface area contributed by atoms with E-state index in [-0.39, 0.29) is 0 Å². The highest BCUT2D eigenvalue weighted by atomic mass is 16.2. The number of hydrogen-bond acceptors (Lipinski definition) is 3. The smallest absolute Gasteiger partial charge is 0.241 e. The van der Waals surface area contributed by atoms with Gasteiger partial charge in [0.2, 0.25) is 5.91 Å². The molecule has 3 rings (SSSR count). The van der Waals surface area contributed by atoms with Crippen molar-refractivity contribution >= 4 is 5.91 Å². The van der Waals surface area contributed by atoms with Crippen molar-refractivity contribution in [2.75, 3.05) is 26.7 Å². The number of nitrogens with one attached hydrogen (secondary N) is 1. The number of carbonyl (C=O) groups excluding carboxylic acids is 1. The first-order valence-corrected chi connectivity index (χ1v) is 8.67. The summed E-state index contributed by atoms with van der Waals surface area (Å²) in [4.78, 5) is 17.1. The van der Waals surface area contributed by atoms with Gasteiger partial charge in [0.15, 0.2) is 0 Å². The van der Waals surface area contributed by atoms with Gasteiger partial charge in [-0.05, 0) is 65.0 Å². The molecule has 1 saturated carbocycles. The largest absolute Gasteiger partial charge is 0.313 e. The molecule has 1 heterocycles. The topological polar surface area (TPSA) is 35.6 Å². The van der Waals surface area contributed by atoms with E-state index in [0.29, 0.717) is 24.5 Å². The molecule has 0 bridgehead atoms. The van der Waals surface area contributed by atoms with Gasteiger partial charge in [-0.3, -0.25) is 9.69 Å². The highest BCUT2D eigenvalue weighted by Crippen LogP contribution is 2.33. The molecule has 0 aromatic heterocycles. The molecule has 4 heteroatoms. The van der Waals surface area contributed by atoms with Gasteiger partial charge in [-0.25, -0.2) is 0 Å². The Hall–Kier alpha value is -0.870. The van der Waals surface area contributed by atoms with Crippen LogP contribution in [0.1, 0.15) is 51.4 Å². The van der Waals surface area contributed by atoms with Crippen molar-refractivity contribution in [2.45, 2.75) is 63.5 Å². The predicted molar refractivity (Wildman–Crippen MR) is 84.9 cm³/mol. The Labute approximate surface area is 128 Å². The van der Waals surface area contributed by atoms with Crippen molar-refractivity contribution in [3.63, 3.8) is 0 Å². The Kier molecular flexibility index (Phi) is 4.96. The summed E-state index contributed by atoms with van der Waals surface area (Å²) in [5.41, 5.74) is 1.31. The summed E-state index contributed by atoms with van der Waals surface area (Å²) >= 11 is 0. The van der Waals surface area contributed by atoms with Crippen LogP contribution >= 0.6 is 0 Å². The zero-order valence-corrected chi connectivity index (χ0v) is 13.3. The monoisotopic (exact) mass is 291 g/mol. The number of allylic oxidation sites excluding steroid dienone is 2. The summed E-state index contributed by atoms with van der Waals surface area (Å²) in [6, 6.07) is 1.07. The third kappa shape index (κ3) is 4.07. The van der Waals surface area contributed by atoms with E-state index < -0.39 is 0 Å². The summed E-state index contributed by atoms with van der Waals surface area (Å²) in [5.74, 6) is 0.311. The number of amides is 1. The van der Waals surface area contributed by atoms with Crippen molar-refractivity contribution in [1.29, 1.82) is 0 Å². The normalized spacial score (nSPS) is 26.0. The van der Waals surface area contributed by atoms with E-state index in [1.165, 1.54) is 44.2 Å². The zero-order valence-electron chi connectivity index (χ0n) is 13.3. The Morgan fingerprint density at radius 3 is 2.76 bits per heavy atom. The molecule has 1 unspecified atom stereocenters. The molecule has 0 aromatic rings. The fourth-order valence-corrected chi connectivity index (χ4v) is 3.63. The van der Waals surface area contributed by atoms with Gasteiger partial charge in [0.05, 0.1) is 6.54 Å². The van der Waals surface area contributed by atoms with Gasteiger partial charge in [-0.2, -0.15) is 0 Å². The lowest BCUT2D eigenvalue weighted by molar-refractivity contribution is -0.130. The van der Waals surface area contributed by atoms with Crippen LogP contribution < -0.4 is 5.32 Å². The molecule has 4 nitrogen and oxygen atoms in total. The second-order valence-corrected chi connectivity index (χ2v) is 6.93. The standard InChI is InChI=1S/C17H29N3O/c1-19(12-14-6-5-11-18-14)13-17(21)20(16-9-10-16)15-7-3-2-4-8-15/h7,14,16,18H,2-6,8-13H2,1H3. The van der Waals surface area contributed by atoms with Crippen LogP contribution in [0.5, 0.6) is 0 Å². The van der Waals surface area contributed by atoms with E-state index in [9.17, 15) is 4.79 Å². The maximum Gasteiger partial charge on any atom is 0.241 e. The Morgan fingerprint density at radius 2 is 2.14 bits per heavy atom. The molecular formula is C17H29N3O. The van der Waals surface area contributed by atoms with E-state index >= 15 is 0 Å². The molecule has 21 heavy (non-hydrogen) atoms. The Morgan fingerprint density at radius 1 is 1.29 bits per heavy atom. The molecule has 118 valence electrons. The quantitative estimate of drug-likeness (QED) is 0.814. The summed E-state index contributed by atoms with van der Waals surface area (Å²) in [7, 11) is 2.08. The lowest BCUT2D eigenvalue weighted by atomic mass is 10.0. The fraction of sp³-hybridized carbons (Fsp3) is 0.824. The van der Waals surface area contributed by atoms with Gasteiger partial charge in [-0.1, -0.05) is 6.08 Å². The molecule has 3 aliphatic rings. The van der Waals surface area contributed by atoms with Crippen LogP contribution in [0, 0.1) is 0 Å². The van der Waals surface area contributed by atoms with Gasteiger partial charge in [0, 0.05) is 24.3 Å². The highest BCUT2D eigenvalue weighted by Gasteiger charge is 2.35. The molecule has 1 atom stereocenters. The first-order chi connectivity index (χ1) is 10.2. The Bertz CT molecular complexity index is 397. The summed E-state index contributed by atoms with van der Waals surface area (Å²) < 4.78 is 0. The summed E-state index contributed by atoms with van der Waals surface area (Å²) in [5, 5.41) is 3.51. The molecule has 1 aliphatic heterocycles. The minimum Gasteiger partial charge on any atom is -0.313 e. The second kappa shape index (κ2) is 6.93. The number of likely N-dealkylation sites (N-methyl/N-ethyl adjacent to an activating group) is 1. The van der Waals surface area contributed by atoms with Crippen LogP contribution in [0.2, 0.25) is 0 Å². The molecule has 0 aromatic carbocycles. The molecule has 1 amide bonds. The predicted octanol–water partition coefficient (Wildman–Crippen LogP) is 2.12. The highest BCUT2D eigenvalue weighted by molar-refractivity contribution is 5.80. The fourth-order valence-electron chi connectivity index (χ4n) is 3.63. The maximum atomic E-state index is 12.7. The van der Waals surface area contributed by atoms with Crippen molar-refractivity contribution < 1.29 is 4.79 Å². The first kappa shape index (κ1) is 15.0. The van der Waals surface area contributed by atoms with Crippen LogP contribution in [0.4, 0.5) is 0 Å². The molecule has 2 aliphatic carbocycles. The van der Waals surface area contributed by atoms with E-state index in [2.05, 4.69) is 28.2 Å². The number of hydrogen-bond donors (Lipinski definition) is 1. The summed E-state index contributed by atoms with van der Waals surface area (Å²) in [6.07, 6.45) is 12.0. The van der Waals surface area contributed by atoms with Gasteiger partial charge < -0.3 is 10.2 Å². The third-order valence-electron chi connectivity index (χ3n) is 4.86. The molecular weight excluding hydrogens is 262 g/mol. The molecule has 0 radical (unpaired) electrons. The third-order valence-corrected chi connectivity index (χ3v) is 4.86. The van der Waals surface area contributed by atoms with Crippen LogP contribution in [-0.4, -0.2) is 54.5 Å². The van der Waals surface area contributed by atoms with Crippen molar-refractivity contribution in [3.8, 4) is 0 Å². The van der Waals surface area contributed by atoms with Crippen LogP contribution in [0.3, 0.4) is 0 Å². The average molecular weight is 291 g/mol. The van der Waals surface area contributed by atoms with Crippen molar-refractivity contribution in [1.82, 2.24) is 15.1 Å². The first-order valence-electron chi connectivity index (χ1n) is 8.67. The molecule has 0 spiro atoms. The van der Waals surface area contributed by atoms with E-state index in [1.807, 2.05) is 0 Å². The van der Waals surface area contributed by atoms with Gasteiger partial charge in [0.1, 0.15) is 0 Å². The van der Waals surface area contributed by atoms with E-state index in [4.69, 9.17) is 0 Å². The van der Waals surface area contributed by atoms with Gasteiger partial charge in [0.25, 0.3) is 0 Å². The minimum absolute atomic E-state index is 0.311. The van der Waals surface area contributed by atoms with Crippen molar-refractivity contribution in [3.05, 3.63) is 11.8 Å². The van der Waals surface area contributed by atoms with Gasteiger partial charge >= 0.3 is 0 Å². The van der Waals surface area contributed by atoms with E-state index in [1.54, 1.807) is 0 Å². The minimum atomic E-state index is 0.311. The average Bonchev–Trinajstić information content (AvgIpc) is 3.16. The zero-order chi connectivity index (χ0) is 14.7. The van der Waals surface area contributed by atoms with Gasteiger partial charge in [-0.15, -0.1) is 0 Å². The SMILES string of the molecule is CN(CC(=O)N(C1=CCCCC1)C1CC1)CC1CCCN1. The number of nitrogens with zero attached hydrogens (tertiary/aromatic N) is 2. The second-order valence-electron chi connectivity index (χ2n) is 6.93. The van der Waals surface area contributed by atoms with Crippen molar-refractivity contribution in [2.24, 2.45) is 0 Å². The maximum absolute atomic E-state index is 12.7. The lowest BCUT2D eigenvalue weighted by Gasteiger charge is -2.30. The van der Waals surface area contributed by atoms with E-state index in [0.717, 1.165) is 25.9 Å². The number of carbonyl (C=O) groups is 1. The lowest BCUT2D eigenvalue weighted by Crippen LogP contribution is -2.43.